The summed E-state index contributed by atoms with van der Waals surface area (Å²) >= 11 is 0. The van der Waals surface area contributed by atoms with Crippen molar-refractivity contribution in [2.45, 2.75) is 32.8 Å². The van der Waals surface area contributed by atoms with E-state index in [1.54, 1.807) is 0 Å². The van der Waals surface area contributed by atoms with E-state index in [0.29, 0.717) is 0 Å². The van der Waals surface area contributed by atoms with E-state index in [4.69, 9.17) is 16.2 Å². The number of carbonyl (C=O) groups excluding carboxylic acids is 1. The minimum absolute atomic E-state index is 0.00471. The van der Waals surface area contributed by atoms with Crippen LogP contribution >= 0.6 is 0 Å². The molecule has 2 rings (SSSR count). The summed E-state index contributed by atoms with van der Waals surface area (Å²) < 4.78 is 5.37. The molecule has 0 fully saturated rings. The van der Waals surface area contributed by atoms with Crippen LogP contribution < -0.4 is 11.5 Å². The SMILES string of the molecule is CC[C@@H](C)[C@H](C(=O)OCc1nc(N)nc(N)n1)c1ccccc1. The van der Waals surface area contributed by atoms with Crippen molar-refractivity contribution in [2.75, 3.05) is 11.5 Å². The monoisotopic (exact) mass is 315 g/mol. The molecule has 0 aliphatic carbocycles. The normalized spacial score (nSPS) is 13.3. The molecule has 0 unspecified atom stereocenters. The molecule has 0 radical (unpaired) electrons. The fraction of sp³-hybridized carbons (Fsp3) is 0.375. The van der Waals surface area contributed by atoms with E-state index in [1.165, 1.54) is 0 Å². The molecule has 0 amide bonds. The first-order valence-electron chi connectivity index (χ1n) is 7.48. The number of nitrogen functional groups attached to an aromatic ring is 2. The van der Waals surface area contributed by atoms with E-state index in [-0.39, 0.29) is 42.1 Å². The molecule has 0 saturated heterocycles. The van der Waals surface area contributed by atoms with Crippen molar-refractivity contribution < 1.29 is 9.53 Å². The van der Waals surface area contributed by atoms with Crippen LogP contribution in [0.5, 0.6) is 0 Å². The molecule has 0 spiro atoms. The molecule has 0 aliphatic rings. The van der Waals surface area contributed by atoms with Gasteiger partial charge in [0, 0.05) is 0 Å². The Kier molecular flexibility index (Phi) is 5.46. The number of anilines is 2. The summed E-state index contributed by atoms with van der Waals surface area (Å²) in [6.07, 6.45) is 0.861. The zero-order valence-corrected chi connectivity index (χ0v) is 13.3. The van der Waals surface area contributed by atoms with Gasteiger partial charge in [-0.2, -0.15) is 15.0 Å². The largest absolute Gasteiger partial charge is 0.457 e. The third-order valence-electron chi connectivity index (χ3n) is 3.69. The fourth-order valence-electron chi connectivity index (χ4n) is 2.34. The number of esters is 1. The predicted octanol–water partition coefficient (Wildman–Crippen LogP) is 1.91. The van der Waals surface area contributed by atoms with Crippen LogP contribution in [0.2, 0.25) is 0 Å². The summed E-state index contributed by atoms with van der Waals surface area (Å²) in [6, 6.07) is 9.59. The van der Waals surface area contributed by atoms with Gasteiger partial charge in [-0.1, -0.05) is 50.6 Å². The van der Waals surface area contributed by atoms with Crippen LogP contribution in [0.3, 0.4) is 0 Å². The Hall–Kier alpha value is -2.70. The second-order valence-corrected chi connectivity index (χ2v) is 5.35. The molecule has 2 aromatic rings. The highest BCUT2D eigenvalue weighted by molar-refractivity contribution is 5.78. The Morgan fingerprint density at radius 3 is 2.30 bits per heavy atom. The Labute approximate surface area is 135 Å². The molecular formula is C16H21N5O2. The van der Waals surface area contributed by atoms with Gasteiger partial charge in [0.1, 0.15) is 0 Å². The standard InChI is InChI=1S/C16H21N5O2/c1-3-10(2)13(11-7-5-4-6-8-11)14(22)23-9-12-19-15(17)21-16(18)20-12/h4-8,10,13H,3,9H2,1-2H3,(H4,17,18,19,20,21)/t10-,13+/m1/s1. The van der Waals surface area contributed by atoms with Gasteiger partial charge in [-0.3, -0.25) is 4.79 Å². The summed E-state index contributed by atoms with van der Waals surface area (Å²) in [5, 5.41) is 0. The molecular weight excluding hydrogens is 294 g/mol. The van der Waals surface area contributed by atoms with E-state index in [2.05, 4.69) is 15.0 Å². The number of nitrogens with two attached hydrogens (primary N) is 2. The molecule has 7 nitrogen and oxygen atoms in total. The molecule has 1 aromatic heterocycles. The van der Waals surface area contributed by atoms with E-state index in [1.807, 2.05) is 44.2 Å². The topological polar surface area (TPSA) is 117 Å². The molecule has 23 heavy (non-hydrogen) atoms. The number of aromatic nitrogens is 3. The lowest BCUT2D eigenvalue weighted by atomic mass is 9.86. The lowest BCUT2D eigenvalue weighted by Gasteiger charge is -2.21. The minimum Gasteiger partial charge on any atom is -0.457 e. The Balaban J connectivity index is 2.12. The highest BCUT2D eigenvalue weighted by atomic mass is 16.5. The molecule has 4 N–H and O–H groups in total. The summed E-state index contributed by atoms with van der Waals surface area (Å²) in [4.78, 5) is 24.0. The second kappa shape index (κ2) is 7.53. The van der Waals surface area contributed by atoms with Gasteiger partial charge in [0.2, 0.25) is 11.9 Å². The average Bonchev–Trinajstić information content (AvgIpc) is 2.53. The Bertz CT molecular complexity index is 643. The Morgan fingerprint density at radius 2 is 1.74 bits per heavy atom. The van der Waals surface area contributed by atoms with Crippen LogP contribution in [-0.4, -0.2) is 20.9 Å². The number of nitrogens with zero attached hydrogens (tertiary/aromatic N) is 3. The lowest BCUT2D eigenvalue weighted by Crippen LogP contribution is -2.22. The van der Waals surface area contributed by atoms with Crippen molar-refractivity contribution in [2.24, 2.45) is 5.92 Å². The summed E-state index contributed by atoms with van der Waals surface area (Å²) in [5.41, 5.74) is 11.9. The number of benzene rings is 1. The van der Waals surface area contributed by atoms with Gasteiger partial charge in [-0.25, -0.2) is 0 Å². The smallest absolute Gasteiger partial charge is 0.314 e. The van der Waals surface area contributed by atoms with E-state index in [0.717, 1.165) is 12.0 Å². The van der Waals surface area contributed by atoms with Gasteiger partial charge in [0.05, 0.1) is 5.92 Å². The summed E-state index contributed by atoms with van der Waals surface area (Å²) in [7, 11) is 0. The summed E-state index contributed by atoms with van der Waals surface area (Å²) in [5.74, 6) is -0.256. The zero-order valence-electron chi connectivity index (χ0n) is 13.3. The maximum absolute atomic E-state index is 12.5. The van der Waals surface area contributed by atoms with Gasteiger partial charge >= 0.3 is 5.97 Å². The predicted molar refractivity (Wildman–Crippen MR) is 87.1 cm³/mol. The van der Waals surface area contributed by atoms with Crippen LogP contribution in [0.15, 0.2) is 30.3 Å². The van der Waals surface area contributed by atoms with Crippen molar-refractivity contribution in [1.29, 1.82) is 0 Å². The molecule has 0 saturated carbocycles. The van der Waals surface area contributed by atoms with Crippen LogP contribution in [0.25, 0.3) is 0 Å². The molecule has 122 valence electrons. The van der Waals surface area contributed by atoms with Crippen molar-refractivity contribution in [3.8, 4) is 0 Å². The van der Waals surface area contributed by atoms with E-state index < -0.39 is 0 Å². The van der Waals surface area contributed by atoms with Crippen molar-refractivity contribution in [1.82, 2.24) is 15.0 Å². The Morgan fingerprint density at radius 1 is 1.13 bits per heavy atom. The zero-order chi connectivity index (χ0) is 16.8. The van der Waals surface area contributed by atoms with Crippen LogP contribution in [0.4, 0.5) is 11.9 Å². The number of hydrogen-bond acceptors (Lipinski definition) is 7. The van der Waals surface area contributed by atoms with Crippen LogP contribution in [0.1, 0.15) is 37.6 Å². The first-order valence-corrected chi connectivity index (χ1v) is 7.48. The molecule has 0 bridgehead atoms. The first-order chi connectivity index (χ1) is 11.0. The van der Waals surface area contributed by atoms with E-state index in [9.17, 15) is 4.79 Å². The average molecular weight is 315 g/mol. The maximum Gasteiger partial charge on any atom is 0.314 e. The van der Waals surface area contributed by atoms with Crippen LogP contribution in [-0.2, 0) is 16.1 Å². The van der Waals surface area contributed by atoms with Crippen molar-refractivity contribution in [3.05, 3.63) is 41.7 Å². The van der Waals surface area contributed by atoms with Gasteiger partial charge in [-0.15, -0.1) is 0 Å². The van der Waals surface area contributed by atoms with Crippen molar-refractivity contribution >= 4 is 17.9 Å². The molecule has 0 aliphatic heterocycles. The van der Waals surface area contributed by atoms with Crippen molar-refractivity contribution in [3.63, 3.8) is 0 Å². The van der Waals surface area contributed by atoms with Gasteiger partial charge < -0.3 is 16.2 Å². The molecule has 1 aromatic carbocycles. The quantitative estimate of drug-likeness (QED) is 0.782. The highest BCUT2D eigenvalue weighted by Gasteiger charge is 2.27. The number of carbonyl (C=O) groups is 1. The maximum atomic E-state index is 12.5. The minimum atomic E-state index is -0.335. The number of ether oxygens (including phenoxy) is 1. The summed E-state index contributed by atoms with van der Waals surface area (Å²) in [6.45, 7) is 3.98. The highest BCUT2D eigenvalue weighted by Crippen LogP contribution is 2.28. The van der Waals surface area contributed by atoms with Gasteiger partial charge in [-0.05, 0) is 11.5 Å². The third-order valence-corrected chi connectivity index (χ3v) is 3.69. The third kappa shape index (κ3) is 4.38. The first kappa shape index (κ1) is 16.7. The molecule has 7 heteroatoms. The molecule has 1 heterocycles. The number of hydrogen-bond donors (Lipinski definition) is 2. The second-order valence-electron chi connectivity index (χ2n) is 5.35. The van der Waals surface area contributed by atoms with Crippen LogP contribution in [0, 0.1) is 5.92 Å². The number of rotatable bonds is 6. The molecule has 2 atom stereocenters. The fourth-order valence-corrected chi connectivity index (χ4v) is 2.34. The van der Waals surface area contributed by atoms with E-state index >= 15 is 0 Å². The van der Waals surface area contributed by atoms with Gasteiger partial charge in [0.15, 0.2) is 12.4 Å². The lowest BCUT2D eigenvalue weighted by molar-refractivity contribution is -0.148. The van der Waals surface area contributed by atoms with Gasteiger partial charge in [0.25, 0.3) is 0 Å².